The van der Waals surface area contributed by atoms with Gasteiger partial charge in [0.15, 0.2) is 0 Å². The lowest BCUT2D eigenvalue weighted by molar-refractivity contribution is -0.147. The molecule has 3 aromatic heterocycles. The number of carbonyl (C=O) groups excluding carboxylic acids is 1. The van der Waals surface area contributed by atoms with Crippen LogP contribution in [0.3, 0.4) is 0 Å². The van der Waals surface area contributed by atoms with Gasteiger partial charge in [0.25, 0.3) is 5.56 Å². The number of thiophene rings is 2. The van der Waals surface area contributed by atoms with Gasteiger partial charge in [-0.1, -0.05) is 36.4 Å². The van der Waals surface area contributed by atoms with Crippen LogP contribution in [0, 0.1) is 6.92 Å². The second-order valence-corrected chi connectivity index (χ2v) is 10.6. The number of benzene rings is 1. The van der Waals surface area contributed by atoms with Crippen LogP contribution in [0.1, 0.15) is 24.2 Å². The summed E-state index contributed by atoms with van der Waals surface area (Å²) in [5.41, 5.74) is 0.881. The Hall–Kier alpha value is -2.85. The van der Waals surface area contributed by atoms with Gasteiger partial charge in [0.2, 0.25) is 5.91 Å². The molecule has 0 saturated carbocycles. The van der Waals surface area contributed by atoms with Crippen LogP contribution in [0.2, 0.25) is 0 Å². The van der Waals surface area contributed by atoms with E-state index in [2.05, 4.69) is 4.98 Å². The van der Waals surface area contributed by atoms with Crippen molar-refractivity contribution in [3.8, 4) is 10.4 Å². The normalized spacial score (nSPS) is 15.4. The predicted octanol–water partition coefficient (Wildman–Crippen LogP) is 4.07. The molecule has 4 aromatic rings. The van der Waals surface area contributed by atoms with Gasteiger partial charge in [-0.2, -0.15) is 0 Å². The van der Waals surface area contributed by atoms with Crippen molar-refractivity contribution >= 4 is 38.8 Å². The van der Waals surface area contributed by atoms with E-state index < -0.39 is 5.54 Å². The zero-order valence-corrected chi connectivity index (χ0v) is 21.1. The molecule has 35 heavy (non-hydrogen) atoms. The second-order valence-electron chi connectivity index (χ2n) is 8.82. The number of rotatable bonds is 7. The van der Waals surface area contributed by atoms with Gasteiger partial charge in [0, 0.05) is 35.6 Å². The summed E-state index contributed by atoms with van der Waals surface area (Å²) in [6.45, 7) is 2.77. The third-order valence-corrected chi connectivity index (χ3v) is 8.51. The summed E-state index contributed by atoms with van der Waals surface area (Å²) in [5.74, 6) is 0.282. The van der Waals surface area contributed by atoms with Crippen molar-refractivity contribution in [3.63, 3.8) is 0 Å². The number of hydrogen-bond donors (Lipinski definition) is 1. The maximum Gasteiger partial charge on any atom is 0.263 e. The van der Waals surface area contributed by atoms with E-state index in [0.29, 0.717) is 48.6 Å². The standard InChI is InChI=1S/C26H27N3O4S2/c1-18-27-24-23(20(16-35-24)21-8-5-13-34-21)25(32)28(18)15-22(31)29(14-19-6-3-2-4-7-19)26(17-30)9-11-33-12-10-26/h2-8,13,16,30H,9-12,14-15,17H2,1H3. The Balaban J connectivity index is 1.54. The highest BCUT2D eigenvalue weighted by Gasteiger charge is 2.41. The van der Waals surface area contributed by atoms with Gasteiger partial charge in [-0.15, -0.1) is 22.7 Å². The molecule has 5 rings (SSSR count). The van der Waals surface area contributed by atoms with Crippen LogP contribution >= 0.6 is 22.7 Å². The lowest BCUT2D eigenvalue weighted by atomic mass is 9.88. The number of amides is 1. The number of aliphatic hydroxyl groups is 1. The van der Waals surface area contributed by atoms with Crippen LogP contribution in [0.4, 0.5) is 0 Å². The maximum absolute atomic E-state index is 13.9. The zero-order valence-electron chi connectivity index (χ0n) is 19.5. The Morgan fingerprint density at radius 1 is 1.17 bits per heavy atom. The molecular formula is C26H27N3O4S2. The first-order valence-corrected chi connectivity index (χ1v) is 13.3. The average Bonchev–Trinajstić information content (AvgIpc) is 3.56. The number of carbonyl (C=O) groups is 1. The molecule has 4 heterocycles. The highest BCUT2D eigenvalue weighted by Crippen LogP contribution is 2.34. The van der Waals surface area contributed by atoms with Crippen molar-refractivity contribution in [1.29, 1.82) is 0 Å². The lowest BCUT2D eigenvalue weighted by Gasteiger charge is -2.45. The molecule has 0 spiro atoms. The largest absolute Gasteiger partial charge is 0.394 e. The van der Waals surface area contributed by atoms with E-state index in [0.717, 1.165) is 16.0 Å². The first-order valence-electron chi connectivity index (χ1n) is 11.6. The highest BCUT2D eigenvalue weighted by molar-refractivity contribution is 7.18. The van der Waals surface area contributed by atoms with Crippen molar-refractivity contribution < 1.29 is 14.6 Å². The maximum atomic E-state index is 13.9. The van der Waals surface area contributed by atoms with Crippen LogP contribution < -0.4 is 5.56 Å². The number of hydrogen-bond acceptors (Lipinski definition) is 7. The summed E-state index contributed by atoms with van der Waals surface area (Å²) in [7, 11) is 0. The van der Waals surface area contributed by atoms with Gasteiger partial charge in [-0.3, -0.25) is 14.2 Å². The van der Waals surface area contributed by atoms with Gasteiger partial charge in [0.1, 0.15) is 17.2 Å². The molecule has 7 nitrogen and oxygen atoms in total. The van der Waals surface area contributed by atoms with E-state index in [9.17, 15) is 14.7 Å². The molecule has 1 aliphatic rings. The minimum absolute atomic E-state index is 0.136. The monoisotopic (exact) mass is 509 g/mol. The van der Waals surface area contributed by atoms with Crippen LogP contribution in [-0.4, -0.2) is 50.8 Å². The Labute approximate surface area is 211 Å². The molecule has 0 atom stereocenters. The van der Waals surface area contributed by atoms with Gasteiger partial charge in [-0.05, 0) is 36.8 Å². The summed E-state index contributed by atoms with van der Waals surface area (Å²) in [6.07, 6.45) is 1.08. The molecule has 182 valence electrons. The fraction of sp³-hybridized carbons (Fsp3) is 0.346. The fourth-order valence-electron chi connectivity index (χ4n) is 4.70. The molecule has 1 aromatic carbocycles. The second kappa shape index (κ2) is 10.0. The van der Waals surface area contributed by atoms with E-state index in [1.807, 2.05) is 53.2 Å². The summed E-state index contributed by atoms with van der Waals surface area (Å²) in [5, 5.41) is 14.9. The molecule has 0 unspecified atom stereocenters. The smallest absolute Gasteiger partial charge is 0.263 e. The molecule has 1 amide bonds. The van der Waals surface area contributed by atoms with Crippen molar-refractivity contribution in [2.45, 2.75) is 38.4 Å². The van der Waals surface area contributed by atoms with Gasteiger partial charge in [-0.25, -0.2) is 4.98 Å². The fourth-order valence-corrected chi connectivity index (χ4v) is 6.49. The van der Waals surface area contributed by atoms with Crippen LogP contribution in [0.25, 0.3) is 20.7 Å². The SMILES string of the molecule is Cc1nc2scc(-c3cccs3)c2c(=O)n1CC(=O)N(Cc1ccccc1)C1(CO)CCOCC1. The first kappa shape index (κ1) is 23.9. The lowest BCUT2D eigenvalue weighted by Crippen LogP contribution is -2.57. The van der Waals surface area contributed by atoms with E-state index in [4.69, 9.17) is 4.74 Å². The van der Waals surface area contributed by atoms with Crippen LogP contribution in [-0.2, 0) is 22.6 Å². The molecular weight excluding hydrogens is 482 g/mol. The summed E-state index contributed by atoms with van der Waals surface area (Å²) in [6, 6.07) is 13.7. The molecule has 0 bridgehead atoms. The van der Waals surface area contributed by atoms with Gasteiger partial charge in [0.05, 0.1) is 17.5 Å². The highest BCUT2D eigenvalue weighted by atomic mass is 32.1. The molecule has 1 N–H and O–H groups in total. The molecule has 0 radical (unpaired) electrons. The Morgan fingerprint density at radius 2 is 1.94 bits per heavy atom. The van der Waals surface area contributed by atoms with Crippen LogP contribution in [0.15, 0.2) is 58.0 Å². The number of aromatic nitrogens is 2. The van der Waals surface area contributed by atoms with E-state index >= 15 is 0 Å². The van der Waals surface area contributed by atoms with E-state index in [1.54, 1.807) is 23.2 Å². The topological polar surface area (TPSA) is 84.7 Å². The van der Waals surface area contributed by atoms with Gasteiger partial charge < -0.3 is 14.7 Å². The number of fused-ring (bicyclic) bond motifs is 1. The summed E-state index contributed by atoms with van der Waals surface area (Å²) >= 11 is 3.01. The number of nitrogens with zero attached hydrogens (tertiary/aromatic N) is 3. The number of ether oxygens (including phenoxy) is 1. The molecule has 0 aliphatic carbocycles. The molecule has 1 aliphatic heterocycles. The Kier molecular flexibility index (Phi) is 6.84. The van der Waals surface area contributed by atoms with E-state index in [-0.39, 0.29) is 24.6 Å². The Bertz CT molecular complexity index is 1370. The third-order valence-electron chi connectivity index (χ3n) is 6.74. The summed E-state index contributed by atoms with van der Waals surface area (Å²) in [4.78, 5) is 35.6. The predicted molar refractivity (Wildman–Crippen MR) is 139 cm³/mol. The van der Waals surface area contributed by atoms with Crippen molar-refractivity contribution in [1.82, 2.24) is 14.5 Å². The number of aliphatic hydroxyl groups excluding tert-OH is 1. The minimum Gasteiger partial charge on any atom is -0.394 e. The minimum atomic E-state index is -0.731. The number of aryl methyl sites for hydroxylation is 1. The quantitative estimate of drug-likeness (QED) is 0.406. The average molecular weight is 510 g/mol. The van der Waals surface area contributed by atoms with Crippen molar-refractivity contribution in [2.75, 3.05) is 19.8 Å². The molecule has 1 saturated heterocycles. The first-order chi connectivity index (χ1) is 17.0. The third kappa shape index (κ3) is 4.56. The molecule has 9 heteroatoms. The Morgan fingerprint density at radius 3 is 2.63 bits per heavy atom. The van der Waals surface area contributed by atoms with Crippen molar-refractivity contribution in [2.24, 2.45) is 0 Å². The van der Waals surface area contributed by atoms with Crippen LogP contribution in [0.5, 0.6) is 0 Å². The summed E-state index contributed by atoms with van der Waals surface area (Å²) < 4.78 is 7.01. The molecule has 1 fully saturated rings. The zero-order chi connectivity index (χ0) is 24.4. The van der Waals surface area contributed by atoms with Crippen molar-refractivity contribution in [3.05, 3.63) is 75.0 Å². The van der Waals surface area contributed by atoms with Gasteiger partial charge >= 0.3 is 0 Å². The van der Waals surface area contributed by atoms with E-state index in [1.165, 1.54) is 15.9 Å².